The van der Waals surface area contributed by atoms with Crippen molar-refractivity contribution in [1.82, 2.24) is 10.2 Å². The molecule has 0 saturated carbocycles. The highest BCUT2D eigenvalue weighted by Gasteiger charge is 2.34. The van der Waals surface area contributed by atoms with Crippen molar-refractivity contribution in [2.24, 2.45) is 0 Å². The van der Waals surface area contributed by atoms with Crippen LogP contribution in [-0.2, 0) is 32.6 Å². The third-order valence-electron chi connectivity index (χ3n) is 7.30. The maximum atomic E-state index is 14.4. The quantitative estimate of drug-likeness (QED) is 0.0944. The molecule has 0 heterocycles. The van der Waals surface area contributed by atoms with Crippen molar-refractivity contribution in [3.63, 3.8) is 0 Å². The highest BCUT2D eigenvalue weighted by Crippen LogP contribution is 2.27. The van der Waals surface area contributed by atoms with E-state index in [2.05, 4.69) is 5.32 Å². The number of nitrogens with zero attached hydrogens (tertiary/aromatic N) is 3. The van der Waals surface area contributed by atoms with Gasteiger partial charge >= 0.3 is 0 Å². The van der Waals surface area contributed by atoms with Crippen LogP contribution in [0, 0.1) is 10.1 Å². The summed E-state index contributed by atoms with van der Waals surface area (Å²) in [6, 6.07) is 27.7. The van der Waals surface area contributed by atoms with Gasteiger partial charge in [-0.1, -0.05) is 85.6 Å². The number of anilines is 1. The molecule has 1 unspecified atom stereocenters. The third kappa shape index (κ3) is 8.92. The predicted molar refractivity (Wildman–Crippen MR) is 178 cm³/mol. The molecule has 0 bridgehead atoms. The van der Waals surface area contributed by atoms with E-state index in [1.165, 1.54) is 41.3 Å². The number of hydrogen-bond acceptors (Lipinski definition) is 6. The number of non-ortho nitro benzene ring substituents is 1. The van der Waals surface area contributed by atoms with Crippen LogP contribution in [0.5, 0.6) is 0 Å². The molecule has 2 amide bonds. The van der Waals surface area contributed by atoms with Crippen molar-refractivity contribution in [1.29, 1.82) is 0 Å². The maximum Gasteiger partial charge on any atom is 0.269 e. The molecule has 1 N–H and O–H groups in total. The number of amides is 2. The van der Waals surface area contributed by atoms with E-state index in [0.717, 1.165) is 22.7 Å². The van der Waals surface area contributed by atoms with E-state index in [1.807, 2.05) is 37.3 Å². The molecule has 0 aliphatic rings. The van der Waals surface area contributed by atoms with Gasteiger partial charge in [0.15, 0.2) is 0 Å². The summed E-state index contributed by atoms with van der Waals surface area (Å²) in [6.07, 6.45) is 1.78. The molecule has 0 spiro atoms. The SMILES string of the molecule is CCCCNC(=O)C(Cc1ccccc1)N(Cc1cccc(Cl)c1)C(=O)CN(c1ccc([N+](=O)[O-])cc1)S(=O)(=O)c1ccccc1. The van der Waals surface area contributed by atoms with Crippen molar-refractivity contribution >= 4 is 44.8 Å². The summed E-state index contributed by atoms with van der Waals surface area (Å²) in [7, 11) is -4.32. The molecule has 0 fully saturated rings. The summed E-state index contributed by atoms with van der Waals surface area (Å²) in [5.41, 5.74) is 1.28. The molecule has 1 atom stereocenters. The lowest BCUT2D eigenvalue weighted by atomic mass is 10.0. The van der Waals surface area contributed by atoms with Crippen LogP contribution in [0.3, 0.4) is 0 Å². The van der Waals surface area contributed by atoms with Gasteiger partial charge in [0, 0.05) is 36.7 Å². The summed E-state index contributed by atoms with van der Waals surface area (Å²) in [4.78, 5) is 40.2. The van der Waals surface area contributed by atoms with Crippen molar-refractivity contribution in [2.75, 3.05) is 17.4 Å². The Labute approximate surface area is 273 Å². The van der Waals surface area contributed by atoms with Crippen molar-refractivity contribution in [2.45, 2.75) is 43.7 Å². The molecule has 4 rings (SSSR count). The minimum atomic E-state index is -4.32. The van der Waals surface area contributed by atoms with E-state index >= 15 is 0 Å². The number of carbonyl (C=O) groups excluding carboxylic acids is 2. The second-order valence-corrected chi connectivity index (χ2v) is 12.9. The maximum absolute atomic E-state index is 14.4. The highest BCUT2D eigenvalue weighted by atomic mass is 35.5. The van der Waals surface area contributed by atoms with Crippen LogP contribution >= 0.6 is 11.6 Å². The summed E-state index contributed by atoms with van der Waals surface area (Å²) >= 11 is 6.27. The fourth-order valence-electron chi connectivity index (χ4n) is 4.88. The number of nitro groups is 1. The Balaban J connectivity index is 1.79. The Morgan fingerprint density at radius 3 is 2.13 bits per heavy atom. The van der Waals surface area contributed by atoms with Crippen LogP contribution < -0.4 is 9.62 Å². The lowest BCUT2D eigenvalue weighted by molar-refractivity contribution is -0.384. The zero-order chi connectivity index (χ0) is 33.1. The van der Waals surface area contributed by atoms with E-state index in [0.29, 0.717) is 17.1 Å². The minimum absolute atomic E-state index is 0.0302. The third-order valence-corrected chi connectivity index (χ3v) is 9.32. The smallest absolute Gasteiger partial charge is 0.269 e. The number of unbranched alkanes of at least 4 members (excludes halogenated alkanes) is 1. The van der Waals surface area contributed by atoms with Crippen LogP contribution in [0.25, 0.3) is 0 Å². The molecule has 240 valence electrons. The first-order valence-electron chi connectivity index (χ1n) is 14.8. The summed E-state index contributed by atoms with van der Waals surface area (Å²) in [5, 5.41) is 14.7. The van der Waals surface area contributed by atoms with Gasteiger partial charge < -0.3 is 10.2 Å². The van der Waals surface area contributed by atoms with E-state index in [1.54, 1.807) is 42.5 Å². The average Bonchev–Trinajstić information content (AvgIpc) is 3.06. The second-order valence-electron chi connectivity index (χ2n) is 10.6. The molecule has 4 aromatic rings. The lowest BCUT2D eigenvalue weighted by Gasteiger charge is -2.34. The number of halogens is 1. The van der Waals surface area contributed by atoms with Crippen molar-refractivity contribution in [3.8, 4) is 0 Å². The standard InChI is InChI=1S/C34H35ClN4O6S/c1-2-3-21-36-34(41)32(23-26-11-6-4-7-12-26)37(24-27-13-10-14-28(35)22-27)33(40)25-38(29-17-19-30(20-18-29)39(42)43)46(44,45)31-15-8-5-9-16-31/h4-20,22,32H,2-3,21,23-25H2,1H3,(H,36,41). The molecule has 0 aliphatic heterocycles. The van der Waals surface area contributed by atoms with Crippen LogP contribution in [-0.4, -0.2) is 49.2 Å². The summed E-state index contributed by atoms with van der Waals surface area (Å²) in [6.45, 7) is 1.71. The topological polar surface area (TPSA) is 130 Å². The number of hydrogen-bond donors (Lipinski definition) is 1. The molecule has 46 heavy (non-hydrogen) atoms. The van der Waals surface area contributed by atoms with Gasteiger partial charge in [-0.3, -0.25) is 24.0 Å². The molecule has 4 aromatic carbocycles. The predicted octanol–water partition coefficient (Wildman–Crippen LogP) is 6.00. The first-order chi connectivity index (χ1) is 22.1. The highest BCUT2D eigenvalue weighted by molar-refractivity contribution is 7.92. The minimum Gasteiger partial charge on any atom is -0.354 e. The molecule has 0 aromatic heterocycles. The molecular weight excluding hydrogens is 628 g/mol. The molecule has 0 radical (unpaired) electrons. The van der Waals surface area contributed by atoms with Gasteiger partial charge in [0.1, 0.15) is 12.6 Å². The molecule has 10 nitrogen and oxygen atoms in total. The molecule has 0 aliphatic carbocycles. The first kappa shape index (κ1) is 34.1. The Morgan fingerprint density at radius 2 is 1.52 bits per heavy atom. The van der Waals surface area contributed by atoms with Crippen molar-refractivity contribution in [3.05, 3.63) is 135 Å². The van der Waals surface area contributed by atoms with E-state index in [4.69, 9.17) is 11.6 Å². The van der Waals surface area contributed by atoms with Gasteiger partial charge in [-0.05, 0) is 53.9 Å². The monoisotopic (exact) mass is 662 g/mol. The second kappa shape index (κ2) is 16.0. The normalized spacial score (nSPS) is 11.8. The zero-order valence-electron chi connectivity index (χ0n) is 25.3. The molecule has 0 saturated heterocycles. The van der Waals surface area contributed by atoms with Gasteiger partial charge in [0.25, 0.3) is 15.7 Å². The first-order valence-corrected chi connectivity index (χ1v) is 16.6. The number of nitro benzene ring substituents is 1. The van der Waals surface area contributed by atoms with E-state index in [-0.39, 0.29) is 35.1 Å². The number of nitrogens with one attached hydrogen (secondary N) is 1. The average molecular weight is 663 g/mol. The Kier molecular flexibility index (Phi) is 11.9. The zero-order valence-corrected chi connectivity index (χ0v) is 26.9. The largest absolute Gasteiger partial charge is 0.354 e. The van der Waals surface area contributed by atoms with Gasteiger partial charge in [0.2, 0.25) is 11.8 Å². The molecular formula is C34H35ClN4O6S. The van der Waals surface area contributed by atoms with Crippen LogP contribution in [0.2, 0.25) is 5.02 Å². The fraction of sp³-hybridized carbons (Fsp3) is 0.235. The Bertz CT molecular complexity index is 1740. The van der Waals surface area contributed by atoms with Gasteiger partial charge in [-0.2, -0.15) is 0 Å². The number of benzene rings is 4. The molecule has 12 heteroatoms. The van der Waals surface area contributed by atoms with Crippen LogP contribution in [0.1, 0.15) is 30.9 Å². The van der Waals surface area contributed by atoms with E-state index in [9.17, 15) is 28.1 Å². The van der Waals surface area contributed by atoms with Gasteiger partial charge in [-0.15, -0.1) is 0 Å². The van der Waals surface area contributed by atoms with Crippen LogP contribution in [0.4, 0.5) is 11.4 Å². The lowest BCUT2D eigenvalue weighted by Crippen LogP contribution is -2.53. The van der Waals surface area contributed by atoms with Crippen LogP contribution in [0.15, 0.2) is 114 Å². The number of rotatable bonds is 15. The number of carbonyl (C=O) groups is 2. The van der Waals surface area contributed by atoms with Gasteiger partial charge in [-0.25, -0.2) is 8.42 Å². The summed E-state index contributed by atoms with van der Waals surface area (Å²) < 4.78 is 28.9. The van der Waals surface area contributed by atoms with E-state index < -0.39 is 33.4 Å². The fourth-order valence-corrected chi connectivity index (χ4v) is 6.53. The van der Waals surface area contributed by atoms with Gasteiger partial charge in [0.05, 0.1) is 15.5 Å². The summed E-state index contributed by atoms with van der Waals surface area (Å²) in [5.74, 6) is -1.02. The Morgan fingerprint density at radius 1 is 0.891 bits per heavy atom. The Hall–Kier alpha value is -4.74. The number of sulfonamides is 1. The van der Waals surface area contributed by atoms with Crippen molar-refractivity contribution < 1.29 is 22.9 Å².